The van der Waals surface area contributed by atoms with Crippen LogP contribution in [0.5, 0.6) is 5.75 Å². The molecule has 1 heterocycles. The van der Waals surface area contributed by atoms with Crippen molar-refractivity contribution in [2.24, 2.45) is 4.99 Å². The predicted octanol–water partition coefficient (Wildman–Crippen LogP) is 0.700. The molecule has 4 N–H and O–H groups in total. The second-order valence-electron chi connectivity index (χ2n) is 6.55. The minimum atomic E-state index is 0.0678. The lowest BCUT2D eigenvalue weighted by Gasteiger charge is -2.32. The van der Waals surface area contributed by atoms with E-state index in [1.807, 2.05) is 12.1 Å². The average Bonchev–Trinajstić information content (AvgIpc) is 2.63. The maximum atomic E-state index is 11.5. The number of hydrogen-bond acceptors (Lipinski definition) is 4. The summed E-state index contributed by atoms with van der Waals surface area (Å²) < 4.78 is 0. The van der Waals surface area contributed by atoms with Crippen molar-refractivity contribution in [2.75, 3.05) is 39.8 Å². The van der Waals surface area contributed by atoms with Crippen LogP contribution in [0.4, 0.5) is 0 Å². The molecule has 0 atom stereocenters. The quantitative estimate of drug-likeness (QED) is 0.424. The third-order valence-electron chi connectivity index (χ3n) is 4.50. The molecule has 0 bridgehead atoms. The SMILES string of the molecule is CCNC(=NCCc1cccc(O)c1)NC1CCN(CC(=O)NC)CC1. The minimum Gasteiger partial charge on any atom is -0.508 e. The van der Waals surface area contributed by atoms with Gasteiger partial charge in [0, 0.05) is 39.3 Å². The lowest BCUT2D eigenvalue weighted by atomic mass is 10.1. The number of likely N-dealkylation sites (N-methyl/N-ethyl adjacent to an activating group) is 1. The number of nitrogens with one attached hydrogen (secondary N) is 3. The first-order valence-electron chi connectivity index (χ1n) is 9.36. The molecule has 0 spiro atoms. The molecule has 1 aliphatic heterocycles. The first-order valence-corrected chi connectivity index (χ1v) is 9.36. The molecular formula is C19H31N5O2. The maximum Gasteiger partial charge on any atom is 0.233 e. The van der Waals surface area contributed by atoms with E-state index in [1.165, 1.54) is 0 Å². The van der Waals surface area contributed by atoms with Gasteiger partial charge >= 0.3 is 0 Å². The van der Waals surface area contributed by atoms with Gasteiger partial charge in [0.1, 0.15) is 5.75 Å². The van der Waals surface area contributed by atoms with Crippen molar-refractivity contribution < 1.29 is 9.90 Å². The van der Waals surface area contributed by atoms with Crippen LogP contribution in [0, 0.1) is 0 Å². The van der Waals surface area contributed by atoms with Crippen molar-refractivity contribution in [2.45, 2.75) is 32.2 Å². The molecule has 1 aromatic rings. The number of rotatable bonds is 7. The smallest absolute Gasteiger partial charge is 0.233 e. The molecule has 1 saturated heterocycles. The van der Waals surface area contributed by atoms with Crippen LogP contribution in [0.1, 0.15) is 25.3 Å². The Hall–Kier alpha value is -2.28. The van der Waals surface area contributed by atoms with Gasteiger partial charge in [-0.25, -0.2) is 0 Å². The zero-order valence-electron chi connectivity index (χ0n) is 15.8. The van der Waals surface area contributed by atoms with E-state index in [0.717, 1.165) is 50.4 Å². The lowest BCUT2D eigenvalue weighted by Crippen LogP contribution is -2.50. The third kappa shape index (κ3) is 6.92. The number of aliphatic imine (C=N–C) groups is 1. The van der Waals surface area contributed by atoms with E-state index in [4.69, 9.17) is 0 Å². The number of phenolic OH excluding ortho intramolecular Hbond substituents is 1. The number of carbonyl (C=O) groups excluding carboxylic acids is 1. The summed E-state index contributed by atoms with van der Waals surface area (Å²) >= 11 is 0. The molecule has 7 nitrogen and oxygen atoms in total. The zero-order valence-corrected chi connectivity index (χ0v) is 15.8. The first-order chi connectivity index (χ1) is 12.6. The normalized spacial score (nSPS) is 16.3. The number of likely N-dealkylation sites (tertiary alicyclic amines) is 1. The Morgan fingerprint density at radius 1 is 1.35 bits per heavy atom. The van der Waals surface area contributed by atoms with Gasteiger partial charge in [-0.15, -0.1) is 0 Å². The van der Waals surface area contributed by atoms with Crippen molar-refractivity contribution in [3.05, 3.63) is 29.8 Å². The van der Waals surface area contributed by atoms with Gasteiger partial charge in [0.2, 0.25) is 5.91 Å². The molecule has 2 rings (SSSR count). The fourth-order valence-electron chi connectivity index (χ4n) is 3.04. The van der Waals surface area contributed by atoms with E-state index in [1.54, 1.807) is 19.2 Å². The van der Waals surface area contributed by atoms with Gasteiger partial charge in [-0.05, 0) is 43.9 Å². The molecule has 0 aromatic heterocycles. The van der Waals surface area contributed by atoms with Gasteiger partial charge in [0.25, 0.3) is 0 Å². The molecule has 0 radical (unpaired) electrons. The molecule has 1 fully saturated rings. The number of carbonyl (C=O) groups is 1. The zero-order chi connectivity index (χ0) is 18.8. The van der Waals surface area contributed by atoms with Crippen molar-refractivity contribution in [1.29, 1.82) is 0 Å². The van der Waals surface area contributed by atoms with Gasteiger partial charge in [0.15, 0.2) is 5.96 Å². The Bertz CT molecular complexity index is 597. The summed E-state index contributed by atoms with van der Waals surface area (Å²) in [6.45, 7) is 5.82. The molecule has 0 aliphatic carbocycles. The Morgan fingerprint density at radius 3 is 2.77 bits per heavy atom. The molecule has 26 heavy (non-hydrogen) atoms. The van der Waals surface area contributed by atoms with Crippen LogP contribution in [-0.2, 0) is 11.2 Å². The van der Waals surface area contributed by atoms with Gasteiger partial charge in [-0.1, -0.05) is 12.1 Å². The van der Waals surface area contributed by atoms with Crippen molar-refractivity contribution in [3.63, 3.8) is 0 Å². The van der Waals surface area contributed by atoms with Crippen LogP contribution in [0.15, 0.2) is 29.3 Å². The van der Waals surface area contributed by atoms with Gasteiger partial charge in [-0.2, -0.15) is 0 Å². The Morgan fingerprint density at radius 2 is 2.12 bits per heavy atom. The monoisotopic (exact) mass is 361 g/mol. The van der Waals surface area contributed by atoms with Crippen LogP contribution in [-0.4, -0.2) is 67.7 Å². The highest BCUT2D eigenvalue weighted by molar-refractivity contribution is 5.80. The van der Waals surface area contributed by atoms with E-state index in [0.29, 0.717) is 24.9 Å². The van der Waals surface area contributed by atoms with Crippen LogP contribution >= 0.6 is 0 Å². The van der Waals surface area contributed by atoms with Crippen molar-refractivity contribution in [3.8, 4) is 5.75 Å². The number of aromatic hydroxyl groups is 1. The third-order valence-corrected chi connectivity index (χ3v) is 4.50. The number of piperidine rings is 1. The molecule has 1 aliphatic rings. The second kappa shape index (κ2) is 10.7. The fraction of sp³-hybridized carbons (Fsp3) is 0.579. The van der Waals surface area contributed by atoms with Crippen molar-refractivity contribution >= 4 is 11.9 Å². The minimum absolute atomic E-state index is 0.0678. The molecular weight excluding hydrogens is 330 g/mol. The van der Waals surface area contributed by atoms with E-state index < -0.39 is 0 Å². The van der Waals surface area contributed by atoms with Gasteiger partial charge in [0.05, 0.1) is 6.54 Å². The largest absolute Gasteiger partial charge is 0.508 e. The maximum absolute atomic E-state index is 11.5. The second-order valence-corrected chi connectivity index (χ2v) is 6.55. The van der Waals surface area contributed by atoms with E-state index >= 15 is 0 Å². The highest BCUT2D eigenvalue weighted by atomic mass is 16.3. The predicted molar refractivity (Wildman–Crippen MR) is 104 cm³/mol. The summed E-state index contributed by atoms with van der Waals surface area (Å²) in [5.74, 6) is 1.19. The first kappa shape index (κ1) is 20.0. The summed E-state index contributed by atoms with van der Waals surface area (Å²) in [6.07, 6.45) is 2.78. The van der Waals surface area contributed by atoms with E-state index in [-0.39, 0.29) is 5.91 Å². The van der Waals surface area contributed by atoms with Gasteiger partial charge < -0.3 is 21.1 Å². The summed E-state index contributed by atoms with van der Waals surface area (Å²) in [5, 5.41) is 19.0. The summed E-state index contributed by atoms with van der Waals surface area (Å²) in [7, 11) is 1.67. The standard InChI is InChI=1S/C19H31N5O2/c1-3-21-19(22-10-7-15-5-4-6-17(25)13-15)23-16-8-11-24(12-9-16)14-18(26)20-2/h4-6,13,16,25H,3,7-12,14H2,1-2H3,(H,20,26)(H2,21,22,23). The Labute approximate surface area is 155 Å². The fourth-order valence-corrected chi connectivity index (χ4v) is 3.04. The van der Waals surface area contributed by atoms with Crippen molar-refractivity contribution in [1.82, 2.24) is 20.9 Å². The molecule has 144 valence electrons. The molecule has 1 amide bonds. The summed E-state index contributed by atoms with van der Waals surface area (Å²) in [4.78, 5) is 18.3. The van der Waals surface area contributed by atoms with Crippen LogP contribution in [0.2, 0.25) is 0 Å². The highest BCUT2D eigenvalue weighted by Gasteiger charge is 2.21. The number of benzene rings is 1. The van der Waals surface area contributed by atoms with Crippen LogP contribution in [0.25, 0.3) is 0 Å². The topological polar surface area (TPSA) is 89.0 Å². The molecule has 0 saturated carbocycles. The number of hydrogen-bond donors (Lipinski definition) is 4. The number of amides is 1. The van der Waals surface area contributed by atoms with Crippen LogP contribution < -0.4 is 16.0 Å². The summed E-state index contributed by atoms with van der Waals surface area (Å²) in [6, 6.07) is 7.67. The Balaban J connectivity index is 1.79. The molecule has 0 unspecified atom stereocenters. The number of phenols is 1. The Kier molecular flexibility index (Phi) is 8.21. The highest BCUT2D eigenvalue weighted by Crippen LogP contribution is 2.12. The lowest BCUT2D eigenvalue weighted by molar-refractivity contribution is -0.122. The number of nitrogens with zero attached hydrogens (tertiary/aromatic N) is 2. The summed E-state index contributed by atoms with van der Waals surface area (Å²) in [5.41, 5.74) is 1.08. The number of guanidine groups is 1. The van der Waals surface area contributed by atoms with Crippen LogP contribution in [0.3, 0.4) is 0 Å². The van der Waals surface area contributed by atoms with E-state index in [9.17, 15) is 9.90 Å². The van der Waals surface area contributed by atoms with E-state index in [2.05, 4.69) is 32.8 Å². The molecule has 1 aromatic carbocycles. The molecule has 7 heteroatoms. The average molecular weight is 361 g/mol. The van der Waals surface area contributed by atoms with Gasteiger partial charge in [-0.3, -0.25) is 14.7 Å².